The number of rotatable bonds is 20. The van der Waals surface area contributed by atoms with Gasteiger partial charge in [-0.1, -0.05) is 72.8 Å². The number of aromatic nitrogens is 1. The summed E-state index contributed by atoms with van der Waals surface area (Å²) in [5.41, 5.74) is 14.3. The van der Waals surface area contributed by atoms with E-state index in [4.69, 9.17) is 20.9 Å². The number of carboxylic acid groups (broad SMARTS) is 1. The van der Waals surface area contributed by atoms with E-state index in [0.29, 0.717) is 42.6 Å². The topological polar surface area (TPSA) is 253 Å². The Labute approximate surface area is 392 Å². The van der Waals surface area contributed by atoms with E-state index in [-0.39, 0.29) is 63.4 Å². The first-order chi connectivity index (χ1) is 32.8. The van der Waals surface area contributed by atoms with Crippen LogP contribution in [0.5, 0.6) is 0 Å². The first kappa shape index (κ1) is 49.6. The molecule has 358 valence electrons. The van der Waals surface area contributed by atoms with Gasteiger partial charge in [-0.15, -0.1) is 0 Å². The number of carboxylic acids is 1. The Morgan fingerprint density at radius 2 is 1.51 bits per heavy atom. The van der Waals surface area contributed by atoms with E-state index in [1.165, 1.54) is 23.4 Å². The van der Waals surface area contributed by atoms with E-state index in [9.17, 15) is 33.9 Å². The Morgan fingerprint density at radius 3 is 2.16 bits per heavy atom. The second-order valence-corrected chi connectivity index (χ2v) is 16.2. The summed E-state index contributed by atoms with van der Waals surface area (Å²) < 4.78 is 28.0. The molecule has 5 amide bonds. The smallest absolute Gasteiger partial charge is 0.410 e. The Kier molecular flexibility index (Phi) is 17.6. The highest BCUT2D eigenvalue weighted by molar-refractivity contribution is 5.96. The molecule has 18 nitrogen and oxygen atoms in total. The van der Waals surface area contributed by atoms with Crippen molar-refractivity contribution >= 4 is 58.6 Å². The summed E-state index contributed by atoms with van der Waals surface area (Å²) in [7, 11) is 0. The van der Waals surface area contributed by atoms with Crippen LogP contribution in [0.25, 0.3) is 10.9 Å². The normalized spacial score (nSPS) is 13.9. The molecule has 1 saturated heterocycles. The number of anilines is 2. The zero-order chi connectivity index (χ0) is 48.6. The van der Waals surface area contributed by atoms with Crippen LogP contribution in [0.2, 0.25) is 0 Å². The number of urea groups is 1. The number of hydrogen-bond acceptors (Lipinski definition) is 11. The second-order valence-electron chi connectivity index (χ2n) is 16.2. The lowest BCUT2D eigenvalue weighted by atomic mass is 10.0. The summed E-state index contributed by atoms with van der Waals surface area (Å²) >= 11 is 0. The largest absolute Gasteiger partial charge is 0.477 e. The van der Waals surface area contributed by atoms with Crippen LogP contribution in [0.15, 0.2) is 113 Å². The molecule has 3 atom stereocenters. The van der Waals surface area contributed by atoms with Crippen molar-refractivity contribution in [2.75, 3.05) is 42.9 Å². The molecular weight excluding hydrogens is 878 g/mol. The number of aliphatic imine (C=N–C) groups is 1. The van der Waals surface area contributed by atoms with Gasteiger partial charge in [0.2, 0.25) is 11.3 Å². The summed E-state index contributed by atoms with van der Waals surface area (Å²) in [6.07, 6.45) is 3.14. The van der Waals surface area contributed by atoms with Crippen LogP contribution in [0, 0.1) is 5.82 Å². The SMILES string of the molecule is CCn1cc(C(=O)O)c(=O)c2cc(F)c(N3CCN(C(=O)OCc4ccc(NC(=O)C(CCCNC(N)=O)N=CC(N)C(CCc5ccccc5)NC(=O)OCc5ccccc5)cc4)CC3)cc21. The molecule has 0 radical (unpaired) electrons. The summed E-state index contributed by atoms with van der Waals surface area (Å²) in [6, 6.07) is 25.3. The third-order valence-corrected chi connectivity index (χ3v) is 11.4. The molecule has 0 bridgehead atoms. The Hall–Kier alpha value is -7.80. The van der Waals surface area contributed by atoms with Crippen molar-refractivity contribution in [3.05, 3.63) is 142 Å². The average Bonchev–Trinajstić information content (AvgIpc) is 3.34. The highest BCUT2D eigenvalue weighted by atomic mass is 19.1. The van der Waals surface area contributed by atoms with Gasteiger partial charge in [-0.05, 0) is 73.6 Å². The molecule has 0 spiro atoms. The standard InChI is InChI=1S/C49H56FN9O9/c1-2-57-29-37(46(62)63)44(60)36-26-38(50)43(27-42(36)57)58-22-24-59(25-23-58)49(66)68-31-34-15-18-35(19-16-34)55-45(61)41(14-9-21-53-47(52)64)54-28-39(51)40(20-17-32-10-5-3-6-11-32)56-48(65)67-30-33-12-7-4-8-13-33/h3-8,10-13,15-16,18-19,26-29,39-41H,2,9,14,17,20-25,30-31,51H2,1H3,(H,55,61)(H,56,65)(H,62,63)(H3,52,53,64). The van der Waals surface area contributed by atoms with Gasteiger partial charge in [0, 0.05) is 62.8 Å². The monoisotopic (exact) mass is 933 g/mol. The van der Waals surface area contributed by atoms with Crippen LogP contribution in [-0.2, 0) is 40.4 Å². The van der Waals surface area contributed by atoms with Gasteiger partial charge < -0.3 is 56.4 Å². The summed E-state index contributed by atoms with van der Waals surface area (Å²) in [6.45, 7) is 3.40. The fourth-order valence-corrected chi connectivity index (χ4v) is 7.66. The number of carbonyl (C=O) groups is 5. The maximum absolute atomic E-state index is 15.4. The number of benzene rings is 4. The predicted molar refractivity (Wildman–Crippen MR) is 255 cm³/mol. The minimum absolute atomic E-state index is 0.0266. The first-order valence-corrected chi connectivity index (χ1v) is 22.3. The molecule has 8 N–H and O–H groups in total. The third-order valence-electron chi connectivity index (χ3n) is 11.4. The lowest BCUT2D eigenvalue weighted by molar-refractivity contribution is -0.117. The van der Waals surface area contributed by atoms with E-state index in [0.717, 1.165) is 17.2 Å². The minimum Gasteiger partial charge on any atom is -0.477 e. The number of aromatic carboxylic acids is 1. The maximum atomic E-state index is 15.4. The molecule has 1 aliphatic rings. The molecule has 5 aromatic rings. The highest BCUT2D eigenvalue weighted by Gasteiger charge is 2.26. The van der Waals surface area contributed by atoms with E-state index in [2.05, 4.69) is 20.9 Å². The van der Waals surface area contributed by atoms with Crippen molar-refractivity contribution in [2.24, 2.45) is 16.5 Å². The van der Waals surface area contributed by atoms with Crippen molar-refractivity contribution in [3.8, 4) is 0 Å². The maximum Gasteiger partial charge on any atom is 0.410 e. The van der Waals surface area contributed by atoms with Crippen molar-refractivity contribution < 1.29 is 42.9 Å². The third kappa shape index (κ3) is 13.9. The van der Waals surface area contributed by atoms with Crippen LogP contribution in [-0.4, -0.2) is 102 Å². The Bertz CT molecular complexity index is 2620. The molecule has 1 aromatic heterocycles. The van der Waals surface area contributed by atoms with Crippen LogP contribution >= 0.6 is 0 Å². The van der Waals surface area contributed by atoms with Gasteiger partial charge in [-0.2, -0.15) is 0 Å². The number of halogens is 1. The Morgan fingerprint density at radius 1 is 0.868 bits per heavy atom. The fourth-order valence-electron chi connectivity index (χ4n) is 7.66. The van der Waals surface area contributed by atoms with E-state index < -0.39 is 65.0 Å². The molecule has 0 aliphatic carbocycles. The number of aryl methyl sites for hydroxylation is 2. The molecule has 19 heteroatoms. The van der Waals surface area contributed by atoms with Gasteiger partial charge in [-0.3, -0.25) is 14.6 Å². The zero-order valence-corrected chi connectivity index (χ0v) is 37.6. The molecule has 1 fully saturated rings. The Balaban J connectivity index is 1.03. The van der Waals surface area contributed by atoms with Crippen LogP contribution in [0.3, 0.4) is 0 Å². The van der Waals surface area contributed by atoms with Gasteiger partial charge in [0.05, 0.1) is 23.3 Å². The molecular formula is C49H56FN9O9. The van der Waals surface area contributed by atoms with E-state index in [1.54, 1.807) is 40.7 Å². The van der Waals surface area contributed by atoms with Crippen molar-refractivity contribution in [1.29, 1.82) is 0 Å². The van der Waals surface area contributed by atoms with Gasteiger partial charge in [-0.25, -0.2) is 23.6 Å². The molecule has 3 unspecified atom stereocenters. The second kappa shape index (κ2) is 24.1. The summed E-state index contributed by atoms with van der Waals surface area (Å²) in [5, 5.41) is 17.7. The van der Waals surface area contributed by atoms with Gasteiger partial charge in [0.15, 0.2) is 0 Å². The van der Waals surface area contributed by atoms with Crippen molar-refractivity contribution in [1.82, 2.24) is 20.1 Å². The number of alkyl carbamates (subject to hydrolysis) is 1. The van der Waals surface area contributed by atoms with E-state index >= 15 is 4.39 Å². The zero-order valence-electron chi connectivity index (χ0n) is 37.6. The molecule has 68 heavy (non-hydrogen) atoms. The summed E-state index contributed by atoms with van der Waals surface area (Å²) in [5.74, 6) is -2.51. The fraction of sp³-hybridized carbons (Fsp3) is 0.327. The van der Waals surface area contributed by atoms with E-state index in [1.807, 2.05) is 60.7 Å². The number of carbonyl (C=O) groups excluding carboxylic acids is 4. The van der Waals surface area contributed by atoms with Gasteiger partial charge >= 0.3 is 24.2 Å². The molecule has 0 saturated carbocycles. The minimum atomic E-state index is -1.39. The number of amides is 5. The molecule has 4 aromatic carbocycles. The number of hydrogen-bond donors (Lipinski definition) is 6. The van der Waals surface area contributed by atoms with Gasteiger partial charge in [0.1, 0.15) is 30.6 Å². The predicted octanol–water partition coefficient (Wildman–Crippen LogP) is 5.40. The number of pyridine rings is 1. The molecule has 6 rings (SSSR count). The van der Waals surface area contributed by atoms with Crippen LogP contribution in [0.4, 0.5) is 30.1 Å². The lowest BCUT2D eigenvalue weighted by Crippen LogP contribution is -2.49. The van der Waals surface area contributed by atoms with Crippen LogP contribution < -0.4 is 37.7 Å². The average molecular weight is 934 g/mol. The number of fused-ring (bicyclic) bond motifs is 1. The quantitative estimate of drug-likeness (QED) is 0.0426. The number of primary amides is 1. The first-order valence-electron chi connectivity index (χ1n) is 22.3. The van der Waals surface area contributed by atoms with Crippen molar-refractivity contribution in [2.45, 2.75) is 70.5 Å². The van der Waals surface area contributed by atoms with Crippen molar-refractivity contribution in [3.63, 3.8) is 0 Å². The highest BCUT2D eigenvalue weighted by Crippen LogP contribution is 2.27. The summed E-state index contributed by atoms with van der Waals surface area (Å²) in [4.78, 5) is 83.2. The number of piperazine rings is 1. The molecule has 2 heterocycles. The number of nitrogens with two attached hydrogens (primary N) is 2. The van der Waals surface area contributed by atoms with Crippen LogP contribution in [0.1, 0.15) is 53.2 Å². The molecule has 1 aliphatic heterocycles. The number of nitrogens with zero attached hydrogens (tertiary/aromatic N) is 4. The lowest BCUT2D eigenvalue weighted by Gasteiger charge is -2.35. The van der Waals surface area contributed by atoms with Gasteiger partial charge in [0.25, 0.3) is 0 Å². The number of ether oxygens (including phenoxy) is 2. The number of nitrogens with one attached hydrogen (secondary N) is 3.